The van der Waals surface area contributed by atoms with Gasteiger partial charge in [-0.1, -0.05) is 38.5 Å². The molecule has 0 spiro atoms. The van der Waals surface area contributed by atoms with Crippen molar-refractivity contribution in [1.29, 1.82) is 0 Å². The minimum atomic E-state index is -4.36. The monoisotopic (exact) mass is 1020 g/mol. The first-order chi connectivity index (χ1) is 34.5. The van der Waals surface area contributed by atoms with Gasteiger partial charge in [-0.05, 0) is 100 Å². The van der Waals surface area contributed by atoms with Crippen molar-refractivity contribution in [3.63, 3.8) is 0 Å². The molecule has 4 heterocycles. The molecule has 3 N–H and O–H groups in total. The van der Waals surface area contributed by atoms with E-state index in [9.17, 15) is 28.8 Å². The number of ketones is 1. The SMILES string of the molecule is CCCCc1cc(CCC(=O)NC(CC)C(=O)CC(CCCC[N+](C)(C)C)C(=O)NCC[NH+](C)CCCCCC(=O)ON2C(=O)CCC2=O)n2c1C=C1C(CCC[N+](C)(C)C)=CC(c3ccccc3)=[N+]1[B-]2(F)F. The fourth-order valence-corrected chi connectivity index (χ4v) is 10.0. The molecule has 1 aromatic heterocycles. The molecule has 3 unspecified atom stereocenters. The standard InChI is InChI=1S/C55H83BF2N8O7/c1-10-12-22-42-37-45(62-48(42)40-49-43(26-21-36-66(7,8)9)38-47(63(49)56(62,57)58)41-23-15-13-16-24-41)28-29-51(68)60-46(11-2)50(67)39-44(25-18-20-35-65(4,5)6)55(72)59-32-34-61(3)33-19-14-17-27-54(71)73-64-52(69)30-31-53(64)70/h13,15-16,23-24,37-38,40,44,46H,10-12,14,17-22,25-36,39H2,1-9H3/p+3. The zero-order valence-electron chi connectivity index (χ0n) is 45.5. The van der Waals surface area contributed by atoms with Gasteiger partial charge < -0.3 is 46.9 Å². The quantitative estimate of drug-likeness (QED) is 0.0384. The second-order valence-corrected chi connectivity index (χ2v) is 22.6. The average Bonchev–Trinajstić information content (AvgIpc) is 3.99. The number of aryl methyl sites for hydroxylation is 2. The highest BCUT2D eigenvalue weighted by Gasteiger charge is 2.54. The number of likely N-dealkylation sites (N-methyl/N-ethyl adjacent to an activating group) is 1. The number of carbonyl (C=O) groups is 6. The van der Waals surface area contributed by atoms with Gasteiger partial charge in [-0.2, -0.15) is 0 Å². The largest absolute Gasteiger partial charge is 0.737 e. The molecule has 1 aromatic carbocycles. The van der Waals surface area contributed by atoms with Crippen LogP contribution >= 0.6 is 0 Å². The van der Waals surface area contributed by atoms with Crippen molar-refractivity contribution in [2.45, 2.75) is 135 Å². The Labute approximate surface area is 433 Å². The van der Waals surface area contributed by atoms with E-state index in [0.29, 0.717) is 78.6 Å². The van der Waals surface area contributed by atoms with Gasteiger partial charge >= 0.3 is 12.9 Å². The summed E-state index contributed by atoms with van der Waals surface area (Å²) < 4.78 is 39.1. The minimum absolute atomic E-state index is 0.0297. The summed E-state index contributed by atoms with van der Waals surface area (Å²) in [5, 5.41) is 6.54. The van der Waals surface area contributed by atoms with Gasteiger partial charge in [0.05, 0.1) is 88.1 Å². The number of imide groups is 1. The number of benzene rings is 1. The maximum Gasteiger partial charge on any atom is 0.737 e. The molecular formula is C55H86BF2N8O7+3. The molecule has 15 nitrogen and oxygen atoms in total. The van der Waals surface area contributed by atoms with Gasteiger partial charge in [-0.25, -0.2) is 4.79 Å². The number of aromatic nitrogens is 1. The number of unbranched alkanes of at least 4 members (excludes halogenated alkanes) is 4. The number of halogens is 2. The molecule has 2 aromatic rings. The van der Waals surface area contributed by atoms with E-state index < -0.39 is 42.6 Å². The smallest absolute Gasteiger partial charge is 0.394 e. The fourth-order valence-electron chi connectivity index (χ4n) is 10.0. The summed E-state index contributed by atoms with van der Waals surface area (Å²) in [5.74, 6) is -3.02. The molecule has 402 valence electrons. The van der Waals surface area contributed by atoms with Crippen LogP contribution in [0.4, 0.5) is 8.63 Å². The van der Waals surface area contributed by atoms with Crippen LogP contribution in [0.2, 0.25) is 0 Å². The van der Waals surface area contributed by atoms with Crippen LogP contribution in [0.1, 0.15) is 139 Å². The number of rotatable bonds is 32. The Kier molecular flexibility index (Phi) is 21.5. The molecule has 73 heavy (non-hydrogen) atoms. The van der Waals surface area contributed by atoms with Gasteiger partial charge in [0.25, 0.3) is 11.8 Å². The summed E-state index contributed by atoms with van der Waals surface area (Å²) in [6, 6.07) is 10.4. The van der Waals surface area contributed by atoms with Crippen molar-refractivity contribution in [2.75, 3.05) is 82.1 Å². The van der Waals surface area contributed by atoms with Gasteiger partial charge in [0.15, 0.2) is 17.2 Å². The number of nitrogens with zero attached hydrogens (tertiary/aromatic N) is 5. The Morgan fingerprint density at radius 3 is 2.16 bits per heavy atom. The Morgan fingerprint density at radius 1 is 0.822 bits per heavy atom. The molecule has 3 aliphatic rings. The lowest BCUT2D eigenvalue weighted by molar-refractivity contribution is -0.878. The highest BCUT2D eigenvalue weighted by atomic mass is 19.2. The maximum absolute atomic E-state index is 17.5. The topological polar surface area (TPSA) is 151 Å². The third kappa shape index (κ3) is 17.1. The zero-order valence-corrected chi connectivity index (χ0v) is 45.5. The second-order valence-electron chi connectivity index (χ2n) is 22.6. The lowest BCUT2D eigenvalue weighted by atomic mass is 9.88. The number of amides is 4. The van der Waals surface area contributed by atoms with Gasteiger partial charge in [-0.15, -0.1) is 5.06 Å². The van der Waals surface area contributed by atoms with Crippen LogP contribution in [0.3, 0.4) is 0 Å². The number of hydroxylamine groups is 2. The van der Waals surface area contributed by atoms with Crippen LogP contribution in [0.15, 0.2) is 53.7 Å². The number of nitrogens with one attached hydrogen (secondary N) is 3. The minimum Gasteiger partial charge on any atom is -0.394 e. The Morgan fingerprint density at radius 2 is 1.51 bits per heavy atom. The number of quaternary nitrogens is 3. The number of carbonyl (C=O) groups excluding carboxylic acids is 6. The van der Waals surface area contributed by atoms with E-state index in [1.807, 2.05) is 62.5 Å². The molecule has 1 saturated heterocycles. The van der Waals surface area contributed by atoms with Gasteiger partial charge in [0.1, 0.15) is 0 Å². The first kappa shape index (κ1) is 58.6. The Balaban J connectivity index is 1.20. The van der Waals surface area contributed by atoms with Crippen LogP contribution in [0.5, 0.6) is 0 Å². The summed E-state index contributed by atoms with van der Waals surface area (Å²) in [7, 11) is 14.8. The van der Waals surface area contributed by atoms with Crippen molar-refractivity contribution in [3.8, 4) is 0 Å². The van der Waals surface area contributed by atoms with Crippen LogP contribution in [0.25, 0.3) is 6.08 Å². The first-order valence-electron chi connectivity index (χ1n) is 27.0. The number of Topliss-reactive ketones (excluding diaryl/α,β-unsaturated/α-hetero) is 1. The molecule has 1 fully saturated rings. The second kappa shape index (κ2) is 26.8. The Hall–Kier alpha value is -5.33. The summed E-state index contributed by atoms with van der Waals surface area (Å²) in [5.41, 5.74) is 4.34. The van der Waals surface area contributed by atoms with E-state index in [0.717, 1.165) is 84.7 Å². The predicted octanol–water partition coefficient (Wildman–Crippen LogP) is 5.41. The number of hydrogen-bond donors (Lipinski definition) is 3. The average molecular weight is 1020 g/mol. The summed E-state index contributed by atoms with van der Waals surface area (Å²) in [4.78, 5) is 83.2. The van der Waals surface area contributed by atoms with E-state index in [2.05, 4.69) is 59.8 Å². The van der Waals surface area contributed by atoms with Gasteiger partial charge in [0, 0.05) is 73.4 Å². The molecule has 5 rings (SSSR count). The van der Waals surface area contributed by atoms with Crippen LogP contribution in [0, 0.1) is 5.92 Å². The van der Waals surface area contributed by atoms with E-state index >= 15 is 8.63 Å². The van der Waals surface area contributed by atoms with Crippen LogP contribution in [-0.2, 0) is 46.4 Å². The molecule has 3 aliphatic heterocycles. The summed E-state index contributed by atoms with van der Waals surface area (Å²) in [6.07, 6.45) is 12.5. The maximum atomic E-state index is 17.5. The normalized spacial score (nSPS) is 16.7. The van der Waals surface area contributed by atoms with E-state index in [1.165, 1.54) is 13.9 Å². The molecule has 0 aliphatic carbocycles. The molecule has 18 heteroatoms. The van der Waals surface area contributed by atoms with Crippen LogP contribution in [-0.4, -0.2) is 159 Å². The predicted molar refractivity (Wildman–Crippen MR) is 281 cm³/mol. The molecular weight excluding hydrogens is 933 g/mol. The number of fused-ring (bicyclic) bond motifs is 2. The summed E-state index contributed by atoms with van der Waals surface area (Å²) in [6.45, 7) is 3.21. The Bertz CT molecular complexity index is 2350. The highest BCUT2D eigenvalue weighted by molar-refractivity contribution is 6.58. The number of allylic oxidation sites excluding steroid dienone is 2. The molecule has 0 radical (unpaired) electrons. The van der Waals surface area contributed by atoms with Gasteiger partial charge in [-0.3, -0.25) is 24.0 Å². The number of hydrogen-bond acceptors (Lipinski definition) is 7. The lowest BCUT2D eigenvalue weighted by Gasteiger charge is -2.32. The molecule has 0 saturated carbocycles. The van der Waals surface area contributed by atoms with Crippen molar-refractivity contribution in [2.24, 2.45) is 5.92 Å². The molecule has 3 atom stereocenters. The molecule has 0 bridgehead atoms. The zero-order chi connectivity index (χ0) is 53.5. The third-order valence-corrected chi connectivity index (χ3v) is 14.2. The summed E-state index contributed by atoms with van der Waals surface area (Å²) >= 11 is 0. The third-order valence-electron chi connectivity index (χ3n) is 14.2. The highest BCUT2D eigenvalue weighted by Crippen LogP contribution is 2.40. The van der Waals surface area contributed by atoms with E-state index in [-0.39, 0.29) is 50.2 Å². The van der Waals surface area contributed by atoms with Crippen molar-refractivity contribution < 1.29 is 60.6 Å². The lowest BCUT2D eigenvalue weighted by Crippen LogP contribution is -3.09. The first-order valence-corrected chi connectivity index (χ1v) is 27.0. The van der Waals surface area contributed by atoms with Crippen molar-refractivity contribution in [1.82, 2.24) is 20.2 Å². The van der Waals surface area contributed by atoms with Crippen molar-refractivity contribution >= 4 is 54.1 Å². The van der Waals surface area contributed by atoms with Gasteiger partial charge in [0.2, 0.25) is 11.8 Å². The fraction of sp³-hybridized carbons (Fsp3) is 0.618. The molecule has 4 amide bonds. The van der Waals surface area contributed by atoms with E-state index in [4.69, 9.17) is 4.84 Å². The van der Waals surface area contributed by atoms with Crippen LogP contribution < -0.4 is 15.5 Å². The van der Waals surface area contributed by atoms with E-state index in [1.54, 1.807) is 0 Å². The van der Waals surface area contributed by atoms with Crippen molar-refractivity contribution in [3.05, 3.63) is 76.3 Å².